The van der Waals surface area contributed by atoms with Crippen LogP contribution in [-0.4, -0.2) is 50.8 Å². The van der Waals surface area contributed by atoms with Gasteiger partial charge in [0.25, 0.3) is 0 Å². The van der Waals surface area contributed by atoms with Gasteiger partial charge in [-0.05, 0) is 31.9 Å². The number of carbonyl (C=O) groups excluding carboxylic acids is 2. The average Bonchev–Trinajstić information content (AvgIpc) is 2.62. The first-order valence-corrected chi connectivity index (χ1v) is 8.04. The normalized spacial score (nSPS) is 14.9. The molecule has 132 valence electrons. The number of nitrogens with one attached hydrogen (secondary N) is 1. The molecule has 0 aromatic heterocycles. The van der Waals surface area contributed by atoms with E-state index in [2.05, 4.69) is 5.32 Å². The van der Waals surface area contributed by atoms with Gasteiger partial charge in [-0.3, -0.25) is 4.79 Å². The lowest BCUT2D eigenvalue weighted by Crippen LogP contribution is -2.42. The first-order chi connectivity index (χ1) is 11.6. The van der Waals surface area contributed by atoms with Gasteiger partial charge in [0, 0.05) is 13.1 Å². The van der Waals surface area contributed by atoms with E-state index in [4.69, 9.17) is 14.2 Å². The van der Waals surface area contributed by atoms with Crippen molar-refractivity contribution in [1.29, 1.82) is 0 Å². The molecule has 1 saturated heterocycles. The van der Waals surface area contributed by atoms with Gasteiger partial charge in [0.2, 0.25) is 0 Å². The van der Waals surface area contributed by atoms with Gasteiger partial charge in [-0.1, -0.05) is 6.07 Å². The van der Waals surface area contributed by atoms with Gasteiger partial charge >= 0.3 is 12.0 Å². The third-order valence-corrected chi connectivity index (χ3v) is 4.06. The van der Waals surface area contributed by atoms with Crippen LogP contribution in [0.25, 0.3) is 0 Å². The van der Waals surface area contributed by atoms with Crippen molar-refractivity contribution < 1.29 is 23.8 Å². The first-order valence-electron chi connectivity index (χ1n) is 8.04. The molecule has 7 heteroatoms. The highest BCUT2D eigenvalue weighted by molar-refractivity contribution is 5.93. The molecule has 0 aliphatic carbocycles. The standard InChI is InChI=1S/C17H24N2O5/c1-4-24-16(20)12-8-10-19(11-9-12)17(21)18-15-13(22-2)6-5-7-14(15)23-3/h5-7,12H,4,8-11H2,1-3H3,(H,18,21). The van der Waals surface area contributed by atoms with Gasteiger partial charge in [-0.2, -0.15) is 0 Å². The number of benzene rings is 1. The molecule has 1 N–H and O–H groups in total. The highest BCUT2D eigenvalue weighted by atomic mass is 16.5. The maximum Gasteiger partial charge on any atom is 0.322 e. The summed E-state index contributed by atoms with van der Waals surface area (Å²) in [5.41, 5.74) is 0.500. The highest BCUT2D eigenvalue weighted by Gasteiger charge is 2.28. The number of urea groups is 1. The number of methoxy groups -OCH3 is 2. The Balaban J connectivity index is 1.98. The Bertz CT molecular complexity index is 560. The van der Waals surface area contributed by atoms with E-state index in [1.54, 1.807) is 30.0 Å². The summed E-state index contributed by atoms with van der Waals surface area (Å²) in [7, 11) is 3.07. The summed E-state index contributed by atoms with van der Waals surface area (Å²) in [4.78, 5) is 25.9. The zero-order valence-electron chi connectivity index (χ0n) is 14.3. The van der Waals surface area contributed by atoms with Crippen molar-refractivity contribution in [3.8, 4) is 11.5 Å². The summed E-state index contributed by atoms with van der Waals surface area (Å²) in [6.07, 6.45) is 1.21. The Morgan fingerprint density at radius 3 is 2.25 bits per heavy atom. The van der Waals surface area contributed by atoms with Crippen molar-refractivity contribution in [3.63, 3.8) is 0 Å². The predicted molar refractivity (Wildman–Crippen MR) is 89.5 cm³/mol. The minimum Gasteiger partial charge on any atom is -0.494 e. The number of carbonyl (C=O) groups is 2. The number of nitrogens with zero attached hydrogens (tertiary/aromatic N) is 1. The number of likely N-dealkylation sites (tertiary alicyclic amines) is 1. The zero-order chi connectivity index (χ0) is 17.5. The SMILES string of the molecule is CCOC(=O)C1CCN(C(=O)Nc2c(OC)cccc2OC)CC1. The summed E-state index contributed by atoms with van der Waals surface area (Å²) in [6, 6.07) is 5.06. The van der Waals surface area contributed by atoms with Crippen molar-refractivity contribution in [2.75, 3.05) is 39.2 Å². The van der Waals surface area contributed by atoms with E-state index in [0.29, 0.717) is 49.7 Å². The molecule has 0 radical (unpaired) electrons. The quantitative estimate of drug-likeness (QED) is 0.836. The summed E-state index contributed by atoms with van der Waals surface area (Å²) in [5, 5.41) is 2.84. The smallest absolute Gasteiger partial charge is 0.322 e. The molecule has 1 fully saturated rings. The van der Waals surface area contributed by atoms with Crippen LogP contribution in [0.4, 0.5) is 10.5 Å². The molecule has 1 aliphatic rings. The second-order valence-electron chi connectivity index (χ2n) is 5.48. The lowest BCUT2D eigenvalue weighted by molar-refractivity contribution is -0.149. The van der Waals surface area contributed by atoms with Crippen LogP contribution in [0.2, 0.25) is 0 Å². The molecule has 7 nitrogen and oxygen atoms in total. The number of amides is 2. The average molecular weight is 336 g/mol. The van der Waals surface area contributed by atoms with Crippen molar-refractivity contribution in [2.24, 2.45) is 5.92 Å². The molecule has 1 aliphatic heterocycles. The summed E-state index contributed by atoms with van der Waals surface area (Å²) < 4.78 is 15.6. The van der Waals surface area contributed by atoms with Crippen LogP contribution in [0.3, 0.4) is 0 Å². The fraction of sp³-hybridized carbons (Fsp3) is 0.529. The lowest BCUT2D eigenvalue weighted by Gasteiger charge is -2.31. The van der Waals surface area contributed by atoms with Crippen LogP contribution in [0, 0.1) is 5.92 Å². The topological polar surface area (TPSA) is 77.1 Å². The summed E-state index contributed by atoms with van der Waals surface area (Å²) in [5.74, 6) is 0.756. The first kappa shape index (κ1) is 17.9. The van der Waals surface area contributed by atoms with Crippen molar-refractivity contribution in [1.82, 2.24) is 4.90 Å². The van der Waals surface area contributed by atoms with Gasteiger partial charge in [0.05, 0.1) is 26.7 Å². The van der Waals surface area contributed by atoms with Crippen molar-refractivity contribution >= 4 is 17.7 Å². The number of hydrogen-bond acceptors (Lipinski definition) is 5. The van der Waals surface area contributed by atoms with E-state index in [1.807, 2.05) is 0 Å². The number of piperidine rings is 1. The minimum absolute atomic E-state index is 0.130. The molecule has 0 spiro atoms. The predicted octanol–water partition coefficient (Wildman–Crippen LogP) is 2.51. The van der Waals surface area contributed by atoms with Crippen LogP contribution >= 0.6 is 0 Å². The summed E-state index contributed by atoms with van der Waals surface area (Å²) >= 11 is 0. The molecule has 0 bridgehead atoms. The highest BCUT2D eigenvalue weighted by Crippen LogP contribution is 2.34. The molecule has 2 amide bonds. The Labute approximate surface area is 141 Å². The van der Waals surface area contributed by atoms with Crippen LogP contribution in [0.15, 0.2) is 18.2 Å². The molecule has 24 heavy (non-hydrogen) atoms. The van der Waals surface area contributed by atoms with E-state index >= 15 is 0 Å². The number of esters is 1. The molecule has 2 rings (SSSR count). The van der Waals surface area contributed by atoms with E-state index in [-0.39, 0.29) is 17.9 Å². The van der Waals surface area contributed by atoms with E-state index in [9.17, 15) is 9.59 Å². The number of rotatable bonds is 5. The lowest BCUT2D eigenvalue weighted by atomic mass is 9.97. The second kappa shape index (κ2) is 8.42. The number of ether oxygens (including phenoxy) is 3. The maximum atomic E-state index is 12.5. The van der Waals surface area contributed by atoms with Crippen LogP contribution < -0.4 is 14.8 Å². The third kappa shape index (κ3) is 4.10. The van der Waals surface area contributed by atoms with E-state index in [1.165, 1.54) is 14.2 Å². The number of anilines is 1. The number of hydrogen-bond donors (Lipinski definition) is 1. The Kier molecular flexibility index (Phi) is 6.28. The Hall–Kier alpha value is -2.44. The monoisotopic (exact) mass is 336 g/mol. The largest absolute Gasteiger partial charge is 0.494 e. The molecular formula is C17H24N2O5. The minimum atomic E-state index is -0.236. The van der Waals surface area contributed by atoms with Gasteiger partial charge < -0.3 is 24.4 Å². The van der Waals surface area contributed by atoms with Crippen molar-refractivity contribution in [2.45, 2.75) is 19.8 Å². The summed E-state index contributed by atoms with van der Waals surface area (Å²) in [6.45, 7) is 3.19. The molecule has 1 aromatic carbocycles. The fourth-order valence-electron chi connectivity index (χ4n) is 2.74. The van der Waals surface area contributed by atoms with Gasteiger partial charge in [-0.15, -0.1) is 0 Å². The van der Waals surface area contributed by atoms with E-state index < -0.39 is 0 Å². The number of para-hydroxylation sites is 1. The molecule has 0 unspecified atom stereocenters. The van der Waals surface area contributed by atoms with Crippen LogP contribution in [0.1, 0.15) is 19.8 Å². The van der Waals surface area contributed by atoms with Crippen LogP contribution in [-0.2, 0) is 9.53 Å². The zero-order valence-corrected chi connectivity index (χ0v) is 14.3. The van der Waals surface area contributed by atoms with Gasteiger partial charge in [0.1, 0.15) is 17.2 Å². The van der Waals surface area contributed by atoms with Gasteiger partial charge in [0.15, 0.2) is 0 Å². The van der Waals surface area contributed by atoms with E-state index in [0.717, 1.165) is 0 Å². The Morgan fingerprint density at radius 1 is 1.17 bits per heavy atom. The second-order valence-corrected chi connectivity index (χ2v) is 5.48. The molecule has 1 heterocycles. The molecule has 1 aromatic rings. The Morgan fingerprint density at radius 2 is 1.75 bits per heavy atom. The molecule has 0 atom stereocenters. The third-order valence-electron chi connectivity index (χ3n) is 4.06. The van der Waals surface area contributed by atoms with Crippen LogP contribution in [0.5, 0.6) is 11.5 Å². The van der Waals surface area contributed by atoms with Crippen molar-refractivity contribution in [3.05, 3.63) is 18.2 Å². The maximum absolute atomic E-state index is 12.5. The van der Waals surface area contributed by atoms with Gasteiger partial charge in [-0.25, -0.2) is 4.79 Å². The molecular weight excluding hydrogens is 312 g/mol. The fourth-order valence-corrected chi connectivity index (χ4v) is 2.74. The molecule has 0 saturated carbocycles.